The standard InChI is InChI=1S/C9H17BrO2/c10-4-7-1-2-8(5-11)9(3-7)6-12/h7-9,11-12H,1-6H2. The first kappa shape index (κ1) is 10.5. The molecule has 0 aromatic heterocycles. The quantitative estimate of drug-likeness (QED) is 0.728. The van der Waals surface area contributed by atoms with E-state index in [9.17, 15) is 0 Å². The van der Waals surface area contributed by atoms with Crippen LogP contribution >= 0.6 is 15.9 Å². The molecule has 0 heterocycles. The van der Waals surface area contributed by atoms with E-state index in [0.29, 0.717) is 17.8 Å². The third kappa shape index (κ3) is 2.44. The minimum atomic E-state index is 0.231. The summed E-state index contributed by atoms with van der Waals surface area (Å²) in [5.74, 6) is 1.36. The maximum Gasteiger partial charge on any atom is 0.0462 e. The first-order valence-corrected chi connectivity index (χ1v) is 5.71. The topological polar surface area (TPSA) is 40.5 Å². The lowest BCUT2D eigenvalue weighted by atomic mass is 9.75. The molecule has 3 unspecified atom stereocenters. The molecule has 0 saturated heterocycles. The van der Waals surface area contributed by atoms with E-state index in [-0.39, 0.29) is 13.2 Å². The molecule has 0 bridgehead atoms. The van der Waals surface area contributed by atoms with Crippen molar-refractivity contribution in [3.8, 4) is 0 Å². The van der Waals surface area contributed by atoms with Crippen molar-refractivity contribution in [1.82, 2.24) is 0 Å². The molecule has 2 N–H and O–H groups in total. The molecule has 3 heteroatoms. The zero-order chi connectivity index (χ0) is 8.97. The van der Waals surface area contributed by atoms with Crippen LogP contribution in [0.4, 0.5) is 0 Å². The third-order valence-corrected chi connectivity index (χ3v) is 3.85. The molecule has 1 aliphatic rings. The number of rotatable bonds is 3. The minimum absolute atomic E-state index is 0.231. The maximum atomic E-state index is 9.08. The van der Waals surface area contributed by atoms with Crippen molar-refractivity contribution in [2.24, 2.45) is 17.8 Å². The smallest absolute Gasteiger partial charge is 0.0462 e. The lowest BCUT2D eigenvalue weighted by Crippen LogP contribution is -2.30. The summed E-state index contributed by atoms with van der Waals surface area (Å²) in [4.78, 5) is 0. The first-order valence-electron chi connectivity index (χ1n) is 4.59. The third-order valence-electron chi connectivity index (χ3n) is 2.94. The first-order chi connectivity index (χ1) is 5.81. The Morgan fingerprint density at radius 2 is 1.75 bits per heavy atom. The summed E-state index contributed by atoms with van der Waals surface area (Å²) in [7, 11) is 0. The van der Waals surface area contributed by atoms with E-state index in [2.05, 4.69) is 15.9 Å². The van der Waals surface area contributed by atoms with Gasteiger partial charge in [-0.05, 0) is 37.0 Å². The lowest BCUT2D eigenvalue weighted by Gasteiger charge is -2.33. The van der Waals surface area contributed by atoms with E-state index in [4.69, 9.17) is 10.2 Å². The molecule has 0 aromatic carbocycles. The second-order valence-corrected chi connectivity index (χ2v) is 4.37. The van der Waals surface area contributed by atoms with Crippen LogP contribution in [0.25, 0.3) is 0 Å². The Morgan fingerprint density at radius 3 is 2.25 bits per heavy atom. The summed E-state index contributed by atoms with van der Waals surface area (Å²) < 4.78 is 0. The molecular weight excluding hydrogens is 220 g/mol. The van der Waals surface area contributed by atoms with E-state index in [0.717, 1.165) is 18.2 Å². The molecule has 2 nitrogen and oxygen atoms in total. The number of aliphatic hydroxyl groups is 2. The molecule has 1 saturated carbocycles. The van der Waals surface area contributed by atoms with Gasteiger partial charge in [-0.15, -0.1) is 0 Å². The number of hydrogen-bond acceptors (Lipinski definition) is 2. The molecule has 0 radical (unpaired) electrons. The van der Waals surface area contributed by atoms with E-state index in [1.54, 1.807) is 0 Å². The van der Waals surface area contributed by atoms with Crippen molar-refractivity contribution in [2.75, 3.05) is 18.5 Å². The highest BCUT2D eigenvalue weighted by atomic mass is 79.9. The Hall–Kier alpha value is 0.400. The molecule has 1 aliphatic carbocycles. The molecule has 0 spiro atoms. The van der Waals surface area contributed by atoms with Crippen LogP contribution < -0.4 is 0 Å². The maximum absolute atomic E-state index is 9.08. The minimum Gasteiger partial charge on any atom is -0.396 e. The Kier molecular flexibility index (Phi) is 4.54. The number of alkyl halides is 1. The van der Waals surface area contributed by atoms with Gasteiger partial charge >= 0.3 is 0 Å². The predicted octanol–water partition coefficient (Wildman–Crippen LogP) is 1.40. The zero-order valence-corrected chi connectivity index (χ0v) is 8.83. The van der Waals surface area contributed by atoms with Gasteiger partial charge in [0.05, 0.1) is 0 Å². The Balaban J connectivity index is 2.41. The molecule has 1 fully saturated rings. The van der Waals surface area contributed by atoms with Gasteiger partial charge in [0.25, 0.3) is 0 Å². The SMILES string of the molecule is OCC1CCC(CBr)CC1CO. The Bertz CT molecular complexity index is 130. The van der Waals surface area contributed by atoms with Crippen LogP contribution in [-0.4, -0.2) is 28.8 Å². The lowest BCUT2D eigenvalue weighted by molar-refractivity contribution is 0.0698. The van der Waals surface area contributed by atoms with Crippen LogP contribution in [0.3, 0.4) is 0 Å². The van der Waals surface area contributed by atoms with Gasteiger partial charge in [-0.25, -0.2) is 0 Å². The molecule has 12 heavy (non-hydrogen) atoms. The van der Waals surface area contributed by atoms with Crippen molar-refractivity contribution in [2.45, 2.75) is 19.3 Å². The van der Waals surface area contributed by atoms with Crippen LogP contribution in [0.15, 0.2) is 0 Å². The Labute approximate surface area is 82.1 Å². The summed E-state index contributed by atoms with van der Waals surface area (Å²) in [6.07, 6.45) is 3.32. The van der Waals surface area contributed by atoms with Crippen molar-refractivity contribution in [3.63, 3.8) is 0 Å². The van der Waals surface area contributed by atoms with Crippen LogP contribution in [0, 0.1) is 17.8 Å². The van der Waals surface area contributed by atoms with Crippen LogP contribution in [0.2, 0.25) is 0 Å². The van der Waals surface area contributed by atoms with Gasteiger partial charge in [0.2, 0.25) is 0 Å². The number of hydrogen-bond donors (Lipinski definition) is 2. The molecule has 3 atom stereocenters. The van der Waals surface area contributed by atoms with E-state index < -0.39 is 0 Å². The summed E-state index contributed by atoms with van der Waals surface area (Å²) in [6, 6.07) is 0. The van der Waals surface area contributed by atoms with Crippen molar-refractivity contribution < 1.29 is 10.2 Å². The van der Waals surface area contributed by atoms with Crippen molar-refractivity contribution in [1.29, 1.82) is 0 Å². The van der Waals surface area contributed by atoms with Gasteiger partial charge in [-0.1, -0.05) is 15.9 Å². The van der Waals surface area contributed by atoms with Gasteiger partial charge in [0.1, 0.15) is 0 Å². The van der Waals surface area contributed by atoms with Crippen LogP contribution in [0.1, 0.15) is 19.3 Å². The second-order valence-electron chi connectivity index (χ2n) is 3.72. The van der Waals surface area contributed by atoms with Gasteiger partial charge in [-0.3, -0.25) is 0 Å². The fourth-order valence-corrected chi connectivity index (χ4v) is 2.62. The Morgan fingerprint density at radius 1 is 1.08 bits per heavy atom. The normalized spacial score (nSPS) is 36.8. The summed E-state index contributed by atoms with van der Waals surface area (Å²) >= 11 is 3.47. The summed E-state index contributed by atoms with van der Waals surface area (Å²) in [6.45, 7) is 0.467. The van der Waals surface area contributed by atoms with Gasteiger partial charge in [0, 0.05) is 18.5 Å². The monoisotopic (exact) mass is 236 g/mol. The fourth-order valence-electron chi connectivity index (χ4n) is 2.03. The molecule has 0 aliphatic heterocycles. The van der Waals surface area contributed by atoms with Gasteiger partial charge in [0.15, 0.2) is 0 Å². The summed E-state index contributed by atoms with van der Waals surface area (Å²) in [5.41, 5.74) is 0. The number of halogens is 1. The largest absolute Gasteiger partial charge is 0.396 e. The second kappa shape index (κ2) is 5.20. The van der Waals surface area contributed by atoms with Gasteiger partial charge < -0.3 is 10.2 Å². The highest BCUT2D eigenvalue weighted by Crippen LogP contribution is 2.34. The van der Waals surface area contributed by atoms with E-state index >= 15 is 0 Å². The average molecular weight is 237 g/mol. The molecule has 0 aromatic rings. The molecule has 72 valence electrons. The highest BCUT2D eigenvalue weighted by molar-refractivity contribution is 9.09. The fraction of sp³-hybridized carbons (Fsp3) is 1.00. The van der Waals surface area contributed by atoms with Crippen LogP contribution in [0.5, 0.6) is 0 Å². The van der Waals surface area contributed by atoms with Crippen molar-refractivity contribution in [3.05, 3.63) is 0 Å². The predicted molar refractivity (Wildman–Crippen MR) is 52.3 cm³/mol. The van der Waals surface area contributed by atoms with E-state index in [1.165, 1.54) is 6.42 Å². The molecular formula is C9H17BrO2. The van der Waals surface area contributed by atoms with Crippen molar-refractivity contribution >= 4 is 15.9 Å². The molecule has 1 rings (SSSR count). The summed E-state index contributed by atoms with van der Waals surface area (Å²) in [5, 5.41) is 19.1. The molecule has 0 amide bonds. The van der Waals surface area contributed by atoms with E-state index in [1.807, 2.05) is 0 Å². The van der Waals surface area contributed by atoms with Gasteiger partial charge in [-0.2, -0.15) is 0 Å². The van der Waals surface area contributed by atoms with Crippen LogP contribution in [-0.2, 0) is 0 Å². The average Bonchev–Trinajstić information content (AvgIpc) is 2.16. The highest BCUT2D eigenvalue weighted by Gasteiger charge is 2.28. The zero-order valence-electron chi connectivity index (χ0n) is 7.25. The number of aliphatic hydroxyl groups excluding tert-OH is 2.